The maximum Gasteiger partial charge on any atom is 0.340 e. The van der Waals surface area contributed by atoms with Crippen LogP contribution in [0.1, 0.15) is 35.4 Å². The van der Waals surface area contributed by atoms with Crippen LogP contribution in [0.25, 0.3) is 0 Å². The van der Waals surface area contributed by atoms with Crippen LogP contribution in [0.15, 0.2) is 54.6 Å². The van der Waals surface area contributed by atoms with Crippen molar-refractivity contribution in [3.8, 4) is 0 Å². The van der Waals surface area contributed by atoms with Crippen LogP contribution in [0.3, 0.4) is 0 Å². The summed E-state index contributed by atoms with van der Waals surface area (Å²) in [5, 5.41) is 3.01. The van der Waals surface area contributed by atoms with Gasteiger partial charge in [0.25, 0.3) is 0 Å². The highest BCUT2D eigenvalue weighted by Crippen LogP contribution is 2.24. The van der Waals surface area contributed by atoms with Gasteiger partial charge in [0.1, 0.15) is 6.10 Å². The molecule has 3 nitrogen and oxygen atoms in total. The zero-order valence-electron chi connectivity index (χ0n) is 11.8. The third-order valence-corrected chi connectivity index (χ3v) is 3.21. The molecule has 0 radical (unpaired) electrons. The molecule has 0 saturated carbocycles. The molecule has 2 aromatic rings. The molecule has 0 saturated heterocycles. The van der Waals surface area contributed by atoms with Crippen LogP contribution in [0, 0.1) is 0 Å². The van der Waals surface area contributed by atoms with Gasteiger partial charge in [0.05, 0.1) is 5.56 Å². The van der Waals surface area contributed by atoms with E-state index in [0.29, 0.717) is 5.56 Å². The SMILES string of the molecule is CCC(OC(=O)c1ccccc1NC)c1ccccc1. The van der Waals surface area contributed by atoms with Crippen molar-refractivity contribution >= 4 is 11.7 Å². The normalized spacial score (nSPS) is 11.7. The van der Waals surface area contributed by atoms with Crippen molar-refractivity contribution in [1.82, 2.24) is 0 Å². The number of anilines is 1. The van der Waals surface area contributed by atoms with Gasteiger partial charge in [0, 0.05) is 12.7 Å². The Morgan fingerprint density at radius 3 is 2.40 bits per heavy atom. The fourth-order valence-corrected chi connectivity index (χ4v) is 2.13. The van der Waals surface area contributed by atoms with Gasteiger partial charge in [-0.1, -0.05) is 49.4 Å². The van der Waals surface area contributed by atoms with Gasteiger partial charge in [-0.3, -0.25) is 0 Å². The maximum atomic E-state index is 12.3. The molecule has 0 aliphatic rings. The first-order chi connectivity index (χ1) is 9.76. The van der Waals surface area contributed by atoms with E-state index in [1.165, 1.54) is 0 Å². The van der Waals surface area contributed by atoms with E-state index in [4.69, 9.17) is 4.74 Å². The third kappa shape index (κ3) is 3.18. The Kier molecular flexibility index (Phi) is 4.77. The highest BCUT2D eigenvalue weighted by atomic mass is 16.5. The van der Waals surface area contributed by atoms with Gasteiger partial charge in [-0.05, 0) is 24.1 Å². The average Bonchev–Trinajstić information content (AvgIpc) is 2.53. The minimum absolute atomic E-state index is 0.214. The van der Waals surface area contributed by atoms with Crippen LogP contribution in [0.5, 0.6) is 0 Å². The van der Waals surface area contributed by atoms with Gasteiger partial charge < -0.3 is 10.1 Å². The summed E-state index contributed by atoms with van der Waals surface area (Å²) in [4.78, 5) is 12.3. The minimum Gasteiger partial charge on any atom is -0.454 e. The predicted octanol–water partition coefficient (Wildman–Crippen LogP) is 4.04. The van der Waals surface area contributed by atoms with Crippen molar-refractivity contribution in [2.45, 2.75) is 19.4 Å². The fraction of sp³-hybridized carbons (Fsp3) is 0.235. The quantitative estimate of drug-likeness (QED) is 0.833. The fourth-order valence-electron chi connectivity index (χ4n) is 2.13. The number of carbonyl (C=O) groups excluding carboxylic acids is 1. The van der Waals surface area contributed by atoms with Crippen LogP contribution >= 0.6 is 0 Å². The molecule has 3 heteroatoms. The van der Waals surface area contributed by atoms with Crippen molar-refractivity contribution < 1.29 is 9.53 Å². The molecule has 104 valence electrons. The Hall–Kier alpha value is -2.29. The topological polar surface area (TPSA) is 38.3 Å². The molecule has 1 unspecified atom stereocenters. The number of para-hydroxylation sites is 1. The lowest BCUT2D eigenvalue weighted by molar-refractivity contribution is 0.0289. The lowest BCUT2D eigenvalue weighted by Crippen LogP contribution is -2.12. The van der Waals surface area contributed by atoms with Crippen LogP contribution in [-0.4, -0.2) is 13.0 Å². The number of esters is 1. The summed E-state index contributed by atoms with van der Waals surface area (Å²) in [5.74, 6) is -0.300. The number of hydrogen-bond donors (Lipinski definition) is 1. The Balaban J connectivity index is 2.18. The molecule has 0 aliphatic carbocycles. The van der Waals surface area contributed by atoms with Crippen molar-refractivity contribution in [2.24, 2.45) is 0 Å². The molecule has 0 aliphatic heterocycles. The second kappa shape index (κ2) is 6.75. The molecule has 0 amide bonds. The second-order valence-electron chi connectivity index (χ2n) is 4.51. The Bertz CT molecular complexity index is 566. The van der Waals surface area contributed by atoms with E-state index in [0.717, 1.165) is 17.7 Å². The van der Waals surface area contributed by atoms with Crippen LogP contribution in [-0.2, 0) is 4.74 Å². The number of nitrogens with one attached hydrogen (secondary N) is 1. The zero-order valence-corrected chi connectivity index (χ0v) is 11.8. The molecule has 0 spiro atoms. The number of carbonyl (C=O) groups is 1. The molecule has 0 fully saturated rings. The standard InChI is InChI=1S/C17H19NO2/c1-3-16(13-9-5-4-6-10-13)20-17(19)14-11-7-8-12-15(14)18-2/h4-12,16,18H,3H2,1-2H3. The van der Waals surface area contributed by atoms with Gasteiger partial charge in [0.2, 0.25) is 0 Å². The van der Waals surface area contributed by atoms with Crippen LogP contribution in [0.2, 0.25) is 0 Å². The van der Waals surface area contributed by atoms with E-state index >= 15 is 0 Å². The summed E-state index contributed by atoms with van der Waals surface area (Å²) in [6.07, 6.45) is 0.533. The smallest absolute Gasteiger partial charge is 0.340 e. The van der Waals surface area contributed by atoms with Gasteiger partial charge >= 0.3 is 5.97 Å². The van der Waals surface area contributed by atoms with E-state index in [1.54, 1.807) is 13.1 Å². The predicted molar refractivity (Wildman–Crippen MR) is 80.9 cm³/mol. The third-order valence-electron chi connectivity index (χ3n) is 3.21. The van der Waals surface area contributed by atoms with E-state index in [9.17, 15) is 4.79 Å². The van der Waals surface area contributed by atoms with Crippen molar-refractivity contribution in [3.05, 3.63) is 65.7 Å². The van der Waals surface area contributed by atoms with Crippen LogP contribution in [0.4, 0.5) is 5.69 Å². The Morgan fingerprint density at radius 2 is 1.75 bits per heavy atom. The average molecular weight is 269 g/mol. The number of benzene rings is 2. The van der Waals surface area contributed by atoms with E-state index in [-0.39, 0.29) is 12.1 Å². The van der Waals surface area contributed by atoms with Gasteiger partial charge in [0.15, 0.2) is 0 Å². The first-order valence-electron chi connectivity index (χ1n) is 6.79. The first kappa shape index (κ1) is 14.1. The van der Waals surface area contributed by atoms with Gasteiger partial charge in [-0.15, -0.1) is 0 Å². The molecular formula is C17H19NO2. The largest absolute Gasteiger partial charge is 0.454 e. The van der Waals surface area contributed by atoms with Crippen molar-refractivity contribution in [2.75, 3.05) is 12.4 Å². The molecule has 2 aromatic carbocycles. The lowest BCUT2D eigenvalue weighted by atomic mass is 10.1. The van der Waals surface area contributed by atoms with Crippen molar-refractivity contribution in [1.29, 1.82) is 0 Å². The maximum absolute atomic E-state index is 12.3. The number of rotatable bonds is 5. The first-order valence-corrected chi connectivity index (χ1v) is 6.79. The second-order valence-corrected chi connectivity index (χ2v) is 4.51. The van der Waals surface area contributed by atoms with Gasteiger partial charge in [-0.25, -0.2) is 4.79 Å². The molecule has 0 heterocycles. The van der Waals surface area contributed by atoms with E-state index in [2.05, 4.69) is 5.32 Å². The number of ether oxygens (including phenoxy) is 1. The highest BCUT2D eigenvalue weighted by Gasteiger charge is 2.18. The molecule has 2 rings (SSSR count). The summed E-state index contributed by atoms with van der Waals surface area (Å²) in [6.45, 7) is 2.01. The highest BCUT2D eigenvalue weighted by molar-refractivity contribution is 5.95. The summed E-state index contributed by atoms with van der Waals surface area (Å²) in [7, 11) is 1.79. The molecule has 0 bridgehead atoms. The zero-order chi connectivity index (χ0) is 14.4. The van der Waals surface area contributed by atoms with Gasteiger partial charge in [-0.2, -0.15) is 0 Å². The molecule has 1 N–H and O–H groups in total. The summed E-state index contributed by atoms with van der Waals surface area (Å²) < 4.78 is 5.64. The molecule has 20 heavy (non-hydrogen) atoms. The summed E-state index contributed by atoms with van der Waals surface area (Å²) in [6, 6.07) is 17.2. The molecular weight excluding hydrogens is 250 g/mol. The summed E-state index contributed by atoms with van der Waals surface area (Å²) in [5.41, 5.74) is 2.36. The molecule has 0 aromatic heterocycles. The molecule has 1 atom stereocenters. The Labute approximate surface area is 119 Å². The van der Waals surface area contributed by atoms with E-state index in [1.807, 2.05) is 55.5 Å². The number of hydrogen-bond acceptors (Lipinski definition) is 3. The lowest BCUT2D eigenvalue weighted by Gasteiger charge is -2.17. The summed E-state index contributed by atoms with van der Waals surface area (Å²) >= 11 is 0. The van der Waals surface area contributed by atoms with Crippen LogP contribution < -0.4 is 5.32 Å². The minimum atomic E-state index is -0.300. The van der Waals surface area contributed by atoms with Crippen molar-refractivity contribution in [3.63, 3.8) is 0 Å². The Morgan fingerprint density at radius 1 is 1.10 bits per heavy atom. The monoisotopic (exact) mass is 269 g/mol. The van der Waals surface area contributed by atoms with E-state index < -0.39 is 0 Å².